The van der Waals surface area contributed by atoms with Gasteiger partial charge in [-0.05, 0) is 43.0 Å². The van der Waals surface area contributed by atoms with Crippen molar-refractivity contribution in [3.8, 4) is 11.3 Å². The van der Waals surface area contributed by atoms with Crippen LogP contribution in [0.1, 0.15) is 24.8 Å². The Kier molecular flexibility index (Phi) is 4.59. The Morgan fingerprint density at radius 2 is 2.05 bits per heavy atom. The molecule has 0 fully saturated rings. The molecule has 4 nitrogen and oxygen atoms in total. The van der Waals surface area contributed by atoms with E-state index < -0.39 is 0 Å². The van der Waals surface area contributed by atoms with E-state index >= 15 is 0 Å². The molecule has 0 radical (unpaired) electrons. The van der Waals surface area contributed by atoms with E-state index in [0.717, 1.165) is 36.1 Å². The van der Waals surface area contributed by atoms with Crippen molar-refractivity contribution in [2.24, 2.45) is 5.92 Å². The monoisotopic (exact) mass is 293 g/mol. The van der Waals surface area contributed by atoms with Gasteiger partial charge in [-0.2, -0.15) is 0 Å². The number of hydrogen-bond acceptors (Lipinski definition) is 3. The Balaban J connectivity index is 1.70. The molecule has 1 atom stereocenters. The molecular formula is C18H19N3O. The highest BCUT2D eigenvalue weighted by Crippen LogP contribution is 2.21. The Hall–Kier alpha value is -2.49. The van der Waals surface area contributed by atoms with E-state index in [1.807, 2.05) is 24.3 Å². The van der Waals surface area contributed by atoms with Crippen LogP contribution >= 0.6 is 0 Å². The largest absolute Gasteiger partial charge is 0.352 e. The fourth-order valence-electron chi connectivity index (χ4n) is 2.71. The van der Waals surface area contributed by atoms with Gasteiger partial charge >= 0.3 is 0 Å². The second-order valence-electron chi connectivity index (χ2n) is 5.45. The van der Waals surface area contributed by atoms with Crippen molar-refractivity contribution in [3.63, 3.8) is 0 Å². The lowest BCUT2D eigenvalue weighted by Crippen LogP contribution is -2.30. The Morgan fingerprint density at radius 1 is 1.18 bits per heavy atom. The van der Waals surface area contributed by atoms with Gasteiger partial charge in [0.05, 0.1) is 5.69 Å². The molecule has 4 heteroatoms. The lowest BCUT2D eigenvalue weighted by atomic mass is 9.93. The topological polar surface area (TPSA) is 54.9 Å². The summed E-state index contributed by atoms with van der Waals surface area (Å²) in [6.45, 7) is 0.505. The van der Waals surface area contributed by atoms with Gasteiger partial charge in [0, 0.05) is 36.6 Å². The minimum Gasteiger partial charge on any atom is -0.352 e. The molecule has 112 valence electrons. The number of hydrogen-bond donors (Lipinski definition) is 1. The maximum atomic E-state index is 12.2. The van der Waals surface area contributed by atoms with Crippen molar-refractivity contribution in [1.29, 1.82) is 0 Å². The second-order valence-corrected chi connectivity index (χ2v) is 5.45. The molecule has 2 aromatic rings. The zero-order chi connectivity index (χ0) is 15.2. The minimum absolute atomic E-state index is 0.103. The molecule has 1 aliphatic carbocycles. The third-order valence-electron chi connectivity index (χ3n) is 3.94. The molecular weight excluding hydrogens is 274 g/mol. The predicted molar refractivity (Wildman–Crippen MR) is 85.8 cm³/mol. The summed E-state index contributed by atoms with van der Waals surface area (Å²) >= 11 is 0. The molecule has 1 amide bonds. The van der Waals surface area contributed by atoms with E-state index in [1.54, 1.807) is 18.6 Å². The van der Waals surface area contributed by atoms with Crippen LogP contribution in [0.5, 0.6) is 0 Å². The quantitative estimate of drug-likeness (QED) is 0.881. The molecule has 22 heavy (non-hydrogen) atoms. The van der Waals surface area contributed by atoms with Gasteiger partial charge in [0.15, 0.2) is 0 Å². The SMILES string of the molecule is O=C(NCc1cccnc1-c1ccncc1)[C@H]1CC=CCC1. The Bertz CT molecular complexity index is 667. The lowest BCUT2D eigenvalue weighted by molar-refractivity contribution is -0.125. The summed E-state index contributed by atoms with van der Waals surface area (Å²) in [5.41, 5.74) is 2.93. The van der Waals surface area contributed by atoms with Crippen molar-refractivity contribution in [1.82, 2.24) is 15.3 Å². The zero-order valence-corrected chi connectivity index (χ0v) is 12.4. The molecule has 2 heterocycles. The van der Waals surface area contributed by atoms with E-state index in [2.05, 4.69) is 27.4 Å². The van der Waals surface area contributed by atoms with Gasteiger partial charge in [-0.1, -0.05) is 18.2 Å². The molecule has 0 bridgehead atoms. The van der Waals surface area contributed by atoms with Crippen LogP contribution in [0.3, 0.4) is 0 Å². The van der Waals surface area contributed by atoms with Crippen LogP contribution in [0.15, 0.2) is 55.0 Å². The summed E-state index contributed by atoms with van der Waals surface area (Å²) in [7, 11) is 0. The van der Waals surface area contributed by atoms with Gasteiger partial charge in [0.2, 0.25) is 5.91 Å². The highest BCUT2D eigenvalue weighted by atomic mass is 16.1. The van der Waals surface area contributed by atoms with Gasteiger partial charge < -0.3 is 5.32 Å². The van der Waals surface area contributed by atoms with Crippen LogP contribution in [-0.4, -0.2) is 15.9 Å². The first-order valence-corrected chi connectivity index (χ1v) is 7.61. The van der Waals surface area contributed by atoms with Crippen LogP contribution in [0.4, 0.5) is 0 Å². The van der Waals surface area contributed by atoms with Gasteiger partial charge in [-0.15, -0.1) is 0 Å². The number of carbonyl (C=O) groups excluding carboxylic acids is 1. The van der Waals surface area contributed by atoms with Crippen LogP contribution < -0.4 is 5.32 Å². The van der Waals surface area contributed by atoms with Crippen molar-refractivity contribution in [2.75, 3.05) is 0 Å². The number of nitrogens with one attached hydrogen (secondary N) is 1. The minimum atomic E-state index is 0.103. The Labute approximate surface area is 130 Å². The van der Waals surface area contributed by atoms with Gasteiger partial charge in [0.25, 0.3) is 0 Å². The van der Waals surface area contributed by atoms with E-state index in [1.165, 1.54) is 0 Å². The van der Waals surface area contributed by atoms with Crippen molar-refractivity contribution in [2.45, 2.75) is 25.8 Å². The molecule has 0 saturated heterocycles. The number of aromatic nitrogens is 2. The van der Waals surface area contributed by atoms with Crippen LogP contribution in [0.2, 0.25) is 0 Å². The fraction of sp³-hybridized carbons (Fsp3) is 0.278. The molecule has 0 aromatic carbocycles. The van der Waals surface area contributed by atoms with E-state index in [0.29, 0.717) is 6.54 Å². The average Bonchev–Trinajstić information content (AvgIpc) is 2.61. The maximum absolute atomic E-state index is 12.2. The number of rotatable bonds is 4. The zero-order valence-electron chi connectivity index (χ0n) is 12.4. The molecule has 1 aliphatic rings. The number of pyridine rings is 2. The summed E-state index contributed by atoms with van der Waals surface area (Å²) in [6.07, 6.45) is 12.3. The summed E-state index contributed by atoms with van der Waals surface area (Å²) in [4.78, 5) is 20.7. The normalized spacial score (nSPS) is 17.2. The van der Waals surface area contributed by atoms with Gasteiger partial charge in [-0.3, -0.25) is 14.8 Å². The highest BCUT2D eigenvalue weighted by Gasteiger charge is 2.18. The van der Waals surface area contributed by atoms with Crippen LogP contribution in [0, 0.1) is 5.92 Å². The number of nitrogens with zero attached hydrogens (tertiary/aromatic N) is 2. The molecule has 2 aromatic heterocycles. The van der Waals surface area contributed by atoms with Crippen molar-refractivity contribution in [3.05, 3.63) is 60.6 Å². The molecule has 0 spiro atoms. The number of allylic oxidation sites excluding steroid dienone is 2. The predicted octanol–water partition coefficient (Wildman–Crippen LogP) is 3.12. The lowest BCUT2D eigenvalue weighted by Gasteiger charge is -2.17. The number of carbonyl (C=O) groups is 1. The molecule has 0 aliphatic heterocycles. The molecule has 0 unspecified atom stereocenters. The summed E-state index contributed by atoms with van der Waals surface area (Å²) in [6, 6.07) is 7.76. The van der Waals surface area contributed by atoms with E-state index in [9.17, 15) is 4.79 Å². The highest BCUT2D eigenvalue weighted by molar-refractivity contribution is 5.79. The average molecular weight is 293 g/mol. The summed E-state index contributed by atoms with van der Waals surface area (Å²) in [5, 5.41) is 3.05. The first-order chi connectivity index (χ1) is 10.8. The number of amides is 1. The fourth-order valence-corrected chi connectivity index (χ4v) is 2.71. The smallest absolute Gasteiger partial charge is 0.223 e. The van der Waals surface area contributed by atoms with Crippen LogP contribution in [0.25, 0.3) is 11.3 Å². The molecule has 0 saturated carbocycles. The third kappa shape index (κ3) is 3.39. The van der Waals surface area contributed by atoms with E-state index in [-0.39, 0.29) is 11.8 Å². The first-order valence-electron chi connectivity index (χ1n) is 7.61. The van der Waals surface area contributed by atoms with Crippen molar-refractivity contribution >= 4 is 5.91 Å². The molecule has 1 N–H and O–H groups in total. The Morgan fingerprint density at radius 3 is 2.82 bits per heavy atom. The molecule has 3 rings (SSSR count). The summed E-state index contributed by atoms with van der Waals surface area (Å²) in [5.74, 6) is 0.236. The summed E-state index contributed by atoms with van der Waals surface area (Å²) < 4.78 is 0. The van der Waals surface area contributed by atoms with Crippen molar-refractivity contribution < 1.29 is 4.79 Å². The van der Waals surface area contributed by atoms with Gasteiger partial charge in [0.1, 0.15) is 0 Å². The van der Waals surface area contributed by atoms with E-state index in [4.69, 9.17) is 0 Å². The second kappa shape index (κ2) is 6.98. The maximum Gasteiger partial charge on any atom is 0.223 e. The van der Waals surface area contributed by atoms with Crippen LogP contribution in [-0.2, 0) is 11.3 Å². The third-order valence-corrected chi connectivity index (χ3v) is 3.94. The standard InChI is InChI=1S/C18H19N3O/c22-18(15-5-2-1-3-6-15)21-13-16-7-4-10-20-17(16)14-8-11-19-12-9-14/h1-2,4,7-12,15H,3,5-6,13H2,(H,21,22)/t15-/m0/s1. The first kappa shape index (κ1) is 14.4. The van der Waals surface area contributed by atoms with Gasteiger partial charge in [-0.25, -0.2) is 0 Å².